The van der Waals surface area contributed by atoms with Crippen LogP contribution in [0.1, 0.15) is 11.1 Å². The largest absolute Gasteiger partial charge is 0.386 e. The topological polar surface area (TPSA) is 62.2 Å². The summed E-state index contributed by atoms with van der Waals surface area (Å²) in [5.41, 5.74) is 7.73. The Hall–Kier alpha value is -1.53. The molecule has 0 radical (unpaired) electrons. The first kappa shape index (κ1) is 10.6. The summed E-state index contributed by atoms with van der Waals surface area (Å²) >= 11 is 5.51. The molecule has 14 heavy (non-hydrogen) atoms. The molecule has 0 unspecified atom stereocenters. The Bertz CT molecular complexity index is 404. The number of alkyl halides is 1. The number of nitrogens with two attached hydrogens (primary N) is 1. The standard InChI is InChI=1S/C10H10ClN3/c1-7-2-3-8(6-12)4-9(7)14-10(13)5-11/h2-4H,5H2,1H3,(H2,13,14). The Morgan fingerprint density at radius 1 is 1.64 bits per heavy atom. The summed E-state index contributed by atoms with van der Waals surface area (Å²) in [6.07, 6.45) is 0. The molecule has 0 aliphatic heterocycles. The molecule has 0 aromatic heterocycles. The van der Waals surface area contributed by atoms with E-state index in [4.69, 9.17) is 22.6 Å². The molecule has 0 bridgehead atoms. The first-order chi connectivity index (χ1) is 6.67. The van der Waals surface area contributed by atoms with Gasteiger partial charge < -0.3 is 5.73 Å². The summed E-state index contributed by atoms with van der Waals surface area (Å²) < 4.78 is 0. The predicted molar refractivity (Wildman–Crippen MR) is 57.9 cm³/mol. The number of aliphatic imine (C=N–C) groups is 1. The number of nitriles is 1. The van der Waals surface area contributed by atoms with E-state index >= 15 is 0 Å². The molecule has 0 amide bonds. The highest BCUT2D eigenvalue weighted by Gasteiger charge is 1.99. The van der Waals surface area contributed by atoms with Crippen molar-refractivity contribution >= 4 is 23.1 Å². The molecule has 4 heteroatoms. The second-order valence-electron chi connectivity index (χ2n) is 2.85. The zero-order valence-corrected chi connectivity index (χ0v) is 8.54. The van der Waals surface area contributed by atoms with Gasteiger partial charge in [-0.05, 0) is 24.6 Å². The van der Waals surface area contributed by atoms with E-state index in [2.05, 4.69) is 4.99 Å². The Balaban J connectivity index is 3.14. The minimum atomic E-state index is 0.191. The summed E-state index contributed by atoms with van der Waals surface area (Å²) in [5, 5.41) is 8.69. The summed E-state index contributed by atoms with van der Waals surface area (Å²) in [5.74, 6) is 0.542. The van der Waals surface area contributed by atoms with E-state index in [1.165, 1.54) is 0 Å². The molecule has 2 N–H and O–H groups in total. The molecular formula is C10H10ClN3. The molecule has 0 saturated carbocycles. The lowest BCUT2D eigenvalue weighted by atomic mass is 10.1. The van der Waals surface area contributed by atoms with E-state index < -0.39 is 0 Å². The zero-order valence-electron chi connectivity index (χ0n) is 7.79. The van der Waals surface area contributed by atoms with E-state index in [0.717, 1.165) is 5.56 Å². The van der Waals surface area contributed by atoms with Crippen molar-refractivity contribution in [1.82, 2.24) is 0 Å². The Morgan fingerprint density at radius 3 is 2.93 bits per heavy atom. The van der Waals surface area contributed by atoms with Gasteiger partial charge in [-0.1, -0.05) is 6.07 Å². The zero-order chi connectivity index (χ0) is 10.6. The van der Waals surface area contributed by atoms with Gasteiger partial charge >= 0.3 is 0 Å². The Kier molecular flexibility index (Phi) is 3.49. The molecule has 0 spiro atoms. The number of aryl methyl sites for hydroxylation is 1. The highest BCUT2D eigenvalue weighted by molar-refractivity contribution is 6.28. The van der Waals surface area contributed by atoms with Crippen molar-refractivity contribution in [3.8, 4) is 6.07 Å². The lowest BCUT2D eigenvalue weighted by Crippen LogP contribution is -2.12. The van der Waals surface area contributed by atoms with E-state index in [9.17, 15) is 0 Å². The third-order valence-electron chi connectivity index (χ3n) is 1.74. The summed E-state index contributed by atoms with van der Waals surface area (Å²) in [6.45, 7) is 1.90. The van der Waals surface area contributed by atoms with Crippen LogP contribution in [0.5, 0.6) is 0 Å². The molecule has 0 atom stereocenters. The monoisotopic (exact) mass is 207 g/mol. The van der Waals surface area contributed by atoms with Crippen molar-refractivity contribution in [2.24, 2.45) is 10.7 Å². The van der Waals surface area contributed by atoms with Crippen molar-refractivity contribution in [2.75, 3.05) is 5.88 Å². The van der Waals surface area contributed by atoms with Crippen molar-refractivity contribution in [2.45, 2.75) is 6.92 Å². The van der Waals surface area contributed by atoms with Gasteiger partial charge in [0.05, 0.1) is 23.2 Å². The third kappa shape index (κ3) is 2.48. The molecule has 0 aliphatic rings. The second-order valence-corrected chi connectivity index (χ2v) is 3.12. The quantitative estimate of drug-likeness (QED) is 0.459. The van der Waals surface area contributed by atoms with Gasteiger partial charge in [0.25, 0.3) is 0 Å². The normalized spacial score (nSPS) is 11.1. The fraction of sp³-hybridized carbons (Fsp3) is 0.200. The van der Waals surface area contributed by atoms with Crippen LogP contribution in [0.2, 0.25) is 0 Å². The molecule has 1 aromatic carbocycles. The van der Waals surface area contributed by atoms with Crippen LogP contribution < -0.4 is 5.73 Å². The number of nitrogens with zero attached hydrogens (tertiary/aromatic N) is 2. The van der Waals surface area contributed by atoms with Crippen LogP contribution in [0.25, 0.3) is 0 Å². The Labute approximate surface area is 87.8 Å². The van der Waals surface area contributed by atoms with Gasteiger partial charge in [0.15, 0.2) is 0 Å². The smallest absolute Gasteiger partial charge is 0.115 e. The molecule has 72 valence electrons. The van der Waals surface area contributed by atoms with Crippen molar-refractivity contribution < 1.29 is 0 Å². The molecule has 0 heterocycles. The van der Waals surface area contributed by atoms with Crippen molar-refractivity contribution in [3.05, 3.63) is 29.3 Å². The average Bonchev–Trinajstić information content (AvgIpc) is 2.21. The van der Waals surface area contributed by atoms with Gasteiger partial charge in [-0.15, -0.1) is 11.6 Å². The maximum atomic E-state index is 8.69. The first-order valence-corrected chi connectivity index (χ1v) is 4.60. The molecule has 0 fully saturated rings. The number of amidine groups is 1. The number of rotatable bonds is 2. The van der Waals surface area contributed by atoms with E-state index in [1.807, 2.05) is 19.1 Å². The third-order valence-corrected chi connectivity index (χ3v) is 2.01. The van der Waals surface area contributed by atoms with Crippen LogP contribution >= 0.6 is 11.6 Å². The first-order valence-electron chi connectivity index (χ1n) is 4.07. The van der Waals surface area contributed by atoms with Crippen LogP contribution in [0, 0.1) is 18.3 Å². The second kappa shape index (κ2) is 4.64. The van der Waals surface area contributed by atoms with Crippen LogP contribution in [0.15, 0.2) is 23.2 Å². The summed E-state index contributed by atoms with van der Waals surface area (Å²) in [7, 11) is 0. The summed E-state index contributed by atoms with van der Waals surface area (Å²) in [4.78, 5) is 4.10. The molecular weight excluding hydrogens is 198 g/mol. The fourth-order valence-electron chi connectivity index (χ4n) is 0.984. The SMILES string of the molecule is Cc1ccc(C#N)cc1N=C(N)CCl. The van der Waals surface area contributed by atoms with Gasteiger partial charge in [-0.2, -0.15) is 5.26 Å². The van der Waals surface area contributed by atoms with Crippen LogP contribution in [0.3, 0.4) is 0 Å². The average molecular weight is 208 g/mol. The highest BCUT2D eigenvalue weighted by Crippen LogP contribution is 2.19. The molecule has 0 saturated heterocycles. The van der Waals surface area contributed by atoms with Gasteiger partial charge in [0.1, 0.15) is 5.84 Å². The number of hydrogen-bond acceptors (Lipinski definition) is 2. The Morgan fingerprint density at radius 2 is 2.36 bits per heavy atom. The van der Waals surface area contributed by atoms with Crippen LogP contribution in [0.4, 0.5) is 5.69 Å². The molecule has 1 aromatic rings. The highest BCUT2D eigenvalue weighted by atomic mass is 35.5. The maximum Gasteiger partial charge on any atom is 0.115 e. The van der Waals surface area contributed by atoms with Crippen molar-refractivity contribution in [3.63, 3.8) is 0 Å². The van der Waals surface area contributed by atoms with E-state index in [-0.39, 0.29) is 5.88 Å². The molecule has 3 nitrogen and oxygen atoms in total. The van der Waals surface area contributed by atoms with Crippen LogP contribution in [-0.4, -0.2) is 11.7 Å². The van der Waals surface area contributed by atoms with Gasteiger partial charge in [-0.25, -0.2) is 4.99 Å². The van der Waals surface area contributed by atoms with Gasteiger partial charge in [0.2, 0.25) is 0 Å². The summed E-state index contributed by atoms with van der Waals surface area (Å²) in [6, 6.07) is 7.31. The van der Waals surface area contributed by atoms with Gasteiger partial charge in [-0.3, -0.25) is 0 Å². The van der Waals surface area contributed by atoms with Crippen molar-refractivity contribution in [1.29, 1.82) is 5.26 Å². The van der Waals surface area contributed by atoms with E-state index in [1.54, 1.807) is 12.1 Å². The lowest BCUT2D eigenvalue weighted by molar-refractivity contribution is 1.36. The molecule has 0 aliphatic carbocycles. The van der Waals surface area contributed by atoms with Crippen LogP contribution in [-0.2, 0) is 0 Å². The fourth-order valence-corrected chi connectivity index (χ4v) is 1.04. The van der Waals surface area contributed by atoms with E-state index in [0.29, 0.717) is 17.1 Å². The minimum Gasteiger partial charge on any atom is -0.386 e. The minimum absolute atomic E-state index is 0.191. The number of hydrogen-bond donors (Lipinski definition) is 1. The lowest BCUT2D eigenvalue weighted by Gasteiger charge is -2.01. The maximum absolute atomic E-state index is 8.69. The molecule has 1 rings (SSSR count). The predicted octanol–water partition coefficient (Wildman–Crippen LogP) is 2.09. The number of halogens is 1. The number of benzene rings is 1. The van der Waals surface area contributed by atoms with Gasteiger partial charge in [0, 0.05) is 0 Å².